The van der Waals surface area contributed by atoms with Gasteiger partial charge in [-0.25, -0.2) is 4.79 Å². The van der Waals surface area contributed by atoms with Gasteiger partial charge in [0.1, 0.15) is 11.4 Å². The van der Waals surface area contributed by atoms with Crippen LogP contribution >= 0.6 is 0 Å². The predicted molar refractivity (Wildman–Crippen MR) is 65.2 cm³/mol. The van der Waals surface area contributed by atoms with Crippen LogP contribution in [0, 0.1) is 5.92 Å². The molecule has 4 atom stereocenters. The molecule has 2 saturated heterocycles. The molecule has 0 aliphatic carbocycles. The van der Waals surface area contributed by atoms with Gasteiger partial charge in [-0.15, -0.1) is 0 Å². The molecular formula is C13H21NO4. The number of rotatable bonds is 2. The molecule has 5 nitrogen and oxygen atoms in total. The SMILES string of the molecule is CC(=O)[C@H]1C2CC[C@H](O2)[C@H]1NC(=O)OC(C)(C)C. The summed E-state index contributed by atoms with van der Waals surface area (Å²) in [7, 11) is 0. The molecule has 2 bridgehead atoms. The highest BCUT2D eigenvalue weighted by atomic mass is 16.6. The van der Waals surface area contributed by atoms with E-state index in [9.17, 15) is 9.59 Å². The molecule has 18 heavy (non-hydrogen) atoms. The molecule has 0 aromatic carbocycles. The molecule has 1 amide bonds. The lowest BCUT2D eigenvalue weighted by Crippen LogP contribution is -2.50. The van der Waals surface area contributed by atoms with Crippen molar-refractivity contribution in [2.45, 2.75) is 64.4 Å². The van der Waals surface area contributed by atoms with Crippen molar-refractivity contribution in [3.05, 3.63) is 0 Å². The average Bonchev–Trinajstić information content (AvgIpc) is 2.73. The second kappa shape index (κ2) is 4.53. The summed E-state index contributed by atoms with van der Waals surface area (Å²) in [6.45, 7) is 6.99. The van der Waals surface area contributed by atoms with Crippen molar-refractivity contribution in [3.8, 4) is 0 Å². The minimum Gasteiger partial charge on any atom is -0.444 e. The fourth-order valence-electron chi connectivity index (χ4n) is 2.82. The van der Waals surface area contributed by atoms with Crippen molar-refractivity contribution in [2.24, 2.45) is 5.92 Å². The van der Waals surface area contributed by atoms with Crippen LogP contribution in [0.5, 0.6) is 0 Å². The van der Waals surface area contributed by atoms with Crippen LogP contribution in [-0.2, 0) is 14.3 Å². The first-order chi connectivity index (χ1) is 8.28. The molecule has 2 aliphatic heterocycles. The number of ether oxygens (including phenoxy) is 2. The standard InChI is InChI=1S/C13H21NO4/c1-7(15)10-8-5-6-9(17-8)11(10)14-12(16)18-13(2,3)4/h8-11H,5-6H2,1-4H3,(H,14,16)/t8?,9-,10-,11+/m0/s1. The number of Topliss-reactive ketones (excluding diaryl/α,β-unsaturated/α-hetero) is 1. The number of alkyl carbamates (subject to hydrolysis) is 1. The van der Waals surface area contributed by atoms with Gasteiger partial charge in [0, 0.05) is 0 Å². The van der Waals surface area contributed by atoms with E-state index in [4.69, 9.17) is 9.47 Å². The summed E-state index contributed by atoms with van der Waals surface area (Å²) in [5.41, 5.74) is -0.533. The maximum atomic E-state index is 11.8. The van der Waals surface area contributed by atoms with E-state index in [1.807, 2.05) is 20.8 Å². The van der Waals surface area contributed by atoms with Gasteiger partial charge in [0.05, 0.1) is 24.2 Å². The minimum atomic E-state index is -0.533. The number of hydrogen-bond donors (Lipinski definition) is 1. The van der Waals surface area contributed by atoms with E-state index in [0.717, 1.165) is 12.8 Å². The summed E-state index contributed by atoms with van der Waals surface area (Å²) in [6.07, 6.45) is 1.25. The van der Waals surface area contributed by atoms with Gasteiger partial charge in [-0.1, -0.05) is 0 Å². The van der Waals surface area contributed by atoms with Crippen LogP contribution in [0.4, 0.5) is 4.79 Å². The Morgan fingerprint density at radius 3 is 2.39 bits per heavy atom. The summed E-state index contributed by atoms with van der Waals surface area (Å²) < 4.78 is 10.9. The van der Waals surface area contributed by atoms with E-state index in [1.165, 1.54) is 0 Å². The lowest BCUT2D eigenvalue weighted by atomic mass is 9.82. The van der Waals surface area contributed by atoms with Crippen LogP contribution < -0.4 is 5.32 Å². The number of fused-ring (bicyclic) bond motifs is 2. The third-order valence-corrected chi connectivity index (χ3v) is 3.43. The van der Waals surface area contributed by atoms with Gasteiger partial charge in [-0.2, -0.15) is 0 Å². The molecular weight excluding hydrogens is 234 g/mol. The third-order valence-electron chi connectivity index (χ3n) is 3.43. The number of ketones is 1. The van der Waals surface area contributed by atoms with Crippen LogP contribution in [-0.4, -0.2) is 35.7 Å². The summed E-state index contributed by atoms with van der Waals surface area (Å²) in [6, 6.07) is -0.240. The van der Waals surface area contributed by atoms with Gasteiger partial charge in [0.2, 0.25) is 0 Å². The highest BCUT2D eigenvalue weighted by Crippen LogP contribution is 2.39. The average molecular weight is 255 g/mol. The van der Waals surface area contributed by atoms with Gasteiger partial charge < -0.3 is 14.8 Å². The van der Waals surface area contributed by atoms with Crippen LogP contribution in [0.3, 0.4) is 0 Å². The van der Waals surface area contributed by atoms with Crippen molar-refractivity contribution in [2.75, 3.05) is 0 Å². The molecule has 2 rings (SSSR count). The Labute approximate surface area is 107 Å². The van der Waals surface area contributed by atoms with Gasteiger partial charge >= 0.3 is 6.09 Å². The van der Waals surface area contributed by atoms with Gasteiger partial charge in [0.25, 0.3) is 0 Å². The second-order valence-electron chi connectivity index (χ2n) is 6.10. The number of nitrogens with one attached hydrogen (secondary N) is 1. The summed E-state index contributed by atoms with van der Waals surface area (Å²) in [5, 5.41) is 2.79. The van der Waals surface area contributed by atoms with E-state index in [0.29, 0.717) is 0 Å². The Bertz CT molecular complexity index is 360. The summed E-state index contributed by atoms with van der Waals surface area (Å²) >= 11 is 0. The molecule has 102 valence electrons. The Balaban J connectivity index is 2.00. The van der Waals surface area contributed by atoms with E-state index in [2.05, 4.69) is 5.32 Å². The van der Waals surface area contributed by atoms with Crippen molar-refractivity contribution < 1.29 is 19.1 Å². The Hall–Kier alpha value is -1.10. The zero-order valence-corrected chi connectivity index (χ0v) is 11.4. The molecule has 2 fully saturated rings. The number of carbonyl (C=O) groups is 2. The Kier molecular flexibility index (Phi) is 3.36. The lowest BCUT2D eigenvalue weighted by molar-refractivity contribution is -0.122. The first-order valence-corrected chi connectivity index (χ1v) is 6.43. The quantitative estimate of drug-likeness (QED) is 0.814. The van der Waals surface area contributed by atoms with Crippen LogP contribution in [0.1, 0.15) is 40.5 Å². The molecule has 2 heterocycles. The number of amides is 1. The number of hydrogen-bond acceptors (Lipinski definition) is 4. The topological polar surface area (TPSA) is 64.6 Å². The monoisotopic (exact) mass is 255 g/mol. The highest BCUT2D eigenvalue weighted by Gasteiger charge is 2.51. The molecule has 1 N–H and O–H groups in total. The normalized spacial score (nSPS) is 34.4. The Morgan fingerprint density at radius 2 is 1.83 bits per heavy atom. The fraction of sp³-hybridized carbons (Fsp3) is 0.846. The van der Waals surface area contributed by atoms with E-state index in [-0.39, 0.29) is 30.0 Å². The smallest absolute Gasteiger partial charge is 0.407 e. The van der Waals surface area contributed by atoms with Crippen molar-refractivity contribution in [1.82, 2.24) is 5.32 Å². The molecule has 2 aliphatic rings. The van der Waals surface area contributed by atoms with Crippen molar-refractivity contribution >= 4 is 11.9 Å². The molecule has 0 aromatic heterocycles. The largest absolute Gasteiger partial charge is 0.444 e. The summed E-state index contributed by atoms with van der Waals surface area (Å²) in [5.74, 6) is -0.153. The molecule has 0 saturated carbocycles. The molecule has 0 spiro atoms. The van der Waals surface area contributed by atoms with Gasteiger partial charge in [0.15, 0.2) is 0 Å². The van der Waals surface area contributed by atoms with E-state index >= 15 is 0 Å². The second-order valence-corrected chi connectivity index (χ2v) is 6.10. The zero-order valence-electron chi connectivity index (χ0n) is 11.4. The first-order valence-electron chi connectivity index (χ1n) is 6.43. The van der Waals surface area contributed by atoms with Crippen LogP contribution in [0.25, 0.3) is 0 Å². The molecule has 0 radical (unpaired) electrons. The van der Waals surface area contributed by atoms with Gasteiger partial charge in [-0.05, 0) is 40.5 Å². The molecule has 5 heteroatoms. The summed E-state index contributed by atoms with van der Waals surface area (Å²) in [4.78, 5) is 23.4. The maximum absolute atomic E-state index is 11.8. The lowest BCUT2D eigenvalue weighted by Gasteiger charge is -2.28. The van der Waals surface area contributed by atoms with E-state index in [1.54, 1.807) is 6.92 Å². The van der Waals surface area contributed by atoms with Crippen LogP contribution in [0.2, 0.25) is 0 Å². The van der Waals surface area contributed by atoms with Crippen LogP contribution in [0.15, 0.2) is 0 Å². The maximum Gasteiger partial charge on any atom is 0.407 e. The third kappa shape index (κ3) is 2.66. The van der Waals surface area contributed by atoms with Crippen molar-refractivity contribution in [1.29, 1.82) is 0 Å². The Morgan fingerprint density at radius 1 is 1.22 bits per heavy atom. The predicted octanol–water partition coefficient (Wildman–Crippen LogP) is 1.65. The molecule has 1 unspecified atom stereocenters. The number of carbonyl (C=O) groups excluding carboxylic acids is 2. The van der Waals surface area contributed by atoms with Gasteiger partial charge in [-0.3, -0.25) is 4.79 Å². The first kappa shape index (κ1) is 13.3. The highest BCUT2D eigenvalue weighted by molar-refractivity contribution is 5.81. The minimum absolute atomic E-state index is 0.0348. The fourth-order valence-corrected chi connectivity index (χ4v) is 2.82. The molecule has 0 aromatic rings. The zero-order chi connectivity index (χ0) is 13.5. The van der Waals surface area contributed by atoms with Crippen molar-refractivity contribution in [3.63, 3.8) is 0 Å². The van der Waals surface area contributed by atoms with E-state index < -0.39 is 11.7 Å².